The summed E-state index contributed by atoms with van der Waals surface area (Å²) in [5, 5.41) is 8.14. The molecule has 3 aromatic rings. The van der Waals surface area contributed by atoms with Gasteiger partial charge in [-0.3, -0.25) is 4.79 Å². The van der Waals surface area contributed by atoms with Gasteiger partial charge in [-0.25, -0.2) is 5.10 Å². The minimum Gasteiger partial charge on any atom is -0.398 e. The lowest BCUT2D eigenvalue weighted by Gasteiger charge is -2.07. The zero-order valence-electron chi connectivity index (χ0n) is 16.7. The van der Waals surface area contributed by atoms with Gasteiger partial charge in [0.2, 0.25) is 0 Å². The van der Waals surface area contributed by atoms with Crippen molar-refractivity contribution in [1.82, 2.24) is 10.2 Å². The molecule has 3 N–H and O–H groups in total. The van der Waals surface area contributed by atoms with Gasteiger partial charge < -0.3 is 5.73 Å². The van der Waals surface area contributed by atoms with E-state index in [0.29, 0.717) is 5.39 Å². The Morgan fingerprint density at radius 1 is 0.889 bits per heavy atom. The van der Waals surface area contributed by atoms with Gasteiger partial charge in [0.1, 0.15) is 0 Å². The Morgan fingerprint density at radius 3 is 2.00 bits per heavy atom. The summed E-state index contributed by atoms with van der Waals surface area (Å²) >= 11 is 0. The molecule has 4 heteroatoms. The number of aryl methyl sites for hydroxylation is 1. The number of benzene rings is 2. The van der Waals surface area contributed by atoms with Crippen molar-refractivity contribution >= 4 is 16.5 Å². The van der Waals surface area contributed by atoms with E-state index in [0.717, 1.165) is 27.9 Å². The quantitative estimate of drug-likeness (QED) is 0.531. The first kappa shape index (κ1) is 20.7. The number of nitrogens with zero attached hydrogens (tertiary/aromatic N) is 1. The molecule has 0 radical (unpaired) electrons. The fourth-order valence-corrected chi connectivity index (χ4v) is 3.18. The molecule has 2 aromatic carbocycles. The number of nitrogen functional groups attached to an aromatic ring is 1. The van der Waals surface area contributed by atoms with Gasteiger partial charge in [-0.15, -0.1) is 0 Å². The highest BCUT2D eigenvalue weighted by atomic mass is 16.1. The van der Waals surface area contributed by atoms with Crippen molar-refractivity contribution in [2.24, 2.45) is 0 Å². The predicted molar refractivity (Wildman–Crippen MR) is 116 cm³/mol. The molecule has 0 atom stereocenters. The molecular formula is C23H31N3O. The van der Waals surface area contributed by atoms with Crippen LogP contribution in [-0.4, -0.2) is 10.2 Å². The van der Waals surface area contributed by atoms with Gasteiger partial charge in [-0.2, -0.15) is 5.10 Å². The number of H-pyrrole nitrogens is 1. The third kappa shape index (κ3) is 5.43. The van der Waals surface area contributed by atoms with Crippen LogP contribution in [0.3, 0.4) is 0 Å². The molecule has 4 rings (SSSR count). The van der Waals surface area contributed by atoms with Gasteiger partial charge in [-0.1, -0.05) is 82.7 Å². The maximum atomic E-state index is 11.7. The smallest absolute Gasteiger partial charge is 0.272 e. The third-order valence-electron chi connectivity index (χ3n) is 4.75. The van der Waals surface area contributed by atoms with E-state index >= 15 is 0 Å². The Balaban J connectivity index is 0.000000275. The number of hydrogen-bond acceptors (Lipinski definition) is 3. The molecule has 0 aliphatic heterocycles. The first-order valence-electron chi connectivity index (χ1n) is 10.0. The lowest BCUT2D eigenvalue weighted by atomic mass is 10.0. The molecule has 0 spiro atoms. The molecule has 1 heterocycles. The summed E-state index contributed by atoms with van der Waals surface area (Å²) in [7, 11) is 0. The minimum absolute atomic E-state index is 0.181. The monoisotopic (exact) mass is 365 g/mol. The van der Waals surface area contributed by atoms with Crippen LogP contribution in [0.25, 0.3) is 22.0 Å². The minimum atomic E-state index is -0.181. The maximum Gasteiger partial charge on any atom is 0.272 e. The van der Waals surface area contributed by atoms with Gasteiger partial charge in [0, 0.05) is 16.6 Å². The topological polar surface area (TPSA) is 71.8 Å². The van der Waals surface area contributed by atoms with Crippen molar-refractivity contribution < 1.29 is 0 Å². The van der Waals surface area contributed by atoms with E-state index in [2.05, 4.69) is 10.2 Å². The molecule has 144 valence electrons. The van der Waals surface area contributed by atoms with Crippen LogP contribution in [0.2, 0.25) is 0 Å². The van der Waals surface area contributed by atoms with Crippen molar-refractivity contribution in [3.05, 3.63) is 58.4 Å². The van der Waals surface area contributed by atoms with Crippen LogP contribution < -0.4 is 11.3 Å². The molecule has 1 aliphatic rings. The largest absolute Gasteiger partial charge is 0.398 e. The summed E-state index contributed by atoms with van der Waals surface area (Å²) in [6, 6.07) is 13.2. The number of nitrogens with two attached hydrogens (primary N) is 1. The average Bonchev–Trinajstić information content (AvgIpc) is 2.74. The van der Waals surface area contributed by atoms with Crippen LogP contribution in [0, 0.1) is 6.92 Å². The van der Waals surface area contributed by atoms with E-state index in [9.17, 15) is 4.79 Å². The molecule has 4 nitrogen and oxygen atoms in total. The summed E-state index contributed by atoms with van der Waals surface area (Å²) in [6.45, 7) is 5.96. The average molecular weight is 366 g/mol. The highest BCUT2D eigenvalue weighted by Crippen LogP contribution is 2.26. The summed E-state index contributed by atoms with van der Waals surface area (Å²) in [4.78, 5) is 11.7. The molecular weight excluding hydrogens is 334 g/mol. The predicted octanol–water partition coefficient (Wildman–Crippen LogP) is 5.85. The molecule has 1 fully saturated rings. The van der Waals surface area contributed by atoms with Gasteiger partial charge in [0.05, 0.1) is 11.1 Å². The second-order valence-electron chi connectivity index (χ2n) is 6.64. The van der Waals surface area contributed by atoms with Crippen LogP contribution in [0.15, 0.2) is 47.3 Å². The Labute approximate surface area is 161 Å². The number of nitrogens with one attached hydrogen (secondary N) is 1. The van der Waals surface area contributed by atoms with Crippen LogP contribution in [0.5, 0.6) is 0 Å². The van der Waals surface area contributed by atoms with Crippen LogP contribution in [0.4, 0.5) is 5.69 Å². The molecule has 0 bridgehead atoms. The zero-order valence-corrected chi connectivity index (χ0v) is 16.7. The molecule has 27 heavy (non-hydrogen) atoms. The Bertz CT molecular complexity index is 899. The SMILES string of the molecule is C1CCCCC1.CC.Cc1ccc(-c2n[nH]c(=O)c3ccccc23)cc1N. The van der Waals surface area contributed by atoms with Crippen LogP contribution >= 0.6 is 0 Å². The number of rotatable bonds is 1. The van der Waals surface area contributed by atoms with E-state index < -0.39 is 0 Å². The van der Waals surface area contributed by atoms with Gasteiger partial charge in [-0.05, 0) is 24.6 Å². The summed E-state index contributed by atoms with van der Waals surface area (Å²) < 4.78 is 0. The van der Waals surface area contributed by atoms with Crippen LogP contribution in [0.1, 0.15) is 57.9 Å². The van der Waals surface area contributed by atoms with E-state index in [1.54, 1.807) is 6.07 Å². The zero-order chi connectivity index (χ0) is 19.6. The van der Waals surface area contributed by atoms with Crippen molar-refractivity contribution in [3.63, 3.8) is 0 Å². The summed E-state index contributed by atoms with van der Waals surface area (Å²) in [6.07, 6.45) is 9.00. The number of aromatic nitrogens is 2. The van der Waals surface area contributed by atoms with Crippen molar-refractivity contribution in [2.75, 3.05) is 5.73 Å². The Hall–Kier alpha value is -2.62. The highest BCUT2D eigenvalue weighted by molar-refractivity contribution is 5.94. The number of hydrogen-bond donors (Lipinski definition) is 2. The molecule has 0 amide bonds. The number of aromatic amines is 1. The van der Waals surface area contributed by atoms with E-state index in [1.165, 1.54) is 38.5 Å². The number of fused-ring (bicyclic) bond motifs is 1. The number of anilines is 1. The molecule has 1 aromatic heterocycles. The second-order valence-corrected chi connectivity index (χ2v) is 6.64. The van der Waals surface area contributed by atoms with Gasteiger partial charge in [0.15, 0.2) is 0 Å². The van der Waals surface area contributed by atoms with Gasteiger partial charge in [0.25, 0.3) is 5.56 Å². The van der Waals surface area contributed by atoms with E-state index in [-0.39, 0.29) is 5.56 Å². The summed E-state index contributed by atoms with van der Waals surface area (Å²) in [5.74, 6) is 0. The standard InChI is InChI=1S/C15H13N3O.C6H12.C2H6/c1-9-6-7-10(8-13(9)16)14-11-4-2-3-5-12(11)15(19)18-17-14;1-2-4-6-5-3-1;1-2/h2-8H,16H2,1H3,(H,18,19);1-6H2;1-2H3. The first-order chi connectivity index (χ1) is 13.2. The van der Waals surface area contributed by atoms with E-state index in [4.69, 9.17) is 5.73 Å². The molecule has 0 saturated heterocycles. The fourth-order valence-electron chi connectivity index (χ4n) is 3.18. The first-order valence-corrected chi connectivity index (χ1v) is 10.0. The summed E-state index contributed by atoms with van der Waals surface area (Å²) in [5.41, 5.74) is 9.13. The Kier molecular flexibility index (Phi) is 8.05. The van der Waals surface area contributed by atoms with Crippen molar-refractivity contribution in [1.29, 1.82) is 0 Å². The third-order valence-corrected chi connectivity index (χ3v) is 4.75. The van der Waals surface area contributed by atoms with Crippen molar-refractivity contribution in [2.45, 2.75) is 59.3 Å². The van der Waals surface area contributed by atoms with Crippen molar-refractivity contribution in [3.8, 4) is 11.3 Å². The second kappa shape index (κ2) is 10.5. The lowest BCUT2D eigenvalue weighted by molar-refractivity contribution is 0.504. The highest BCUT2D eigenvalue weighted by Gasteiger charge is 2.08. The lowest BCUT2D eigenvalue weighted by Crippen LogP contribution is -2.09. The van der Waals surface area contributed by atoms with Gasteiger partial charge >= 0.3 is 0 Å². The molecule has 1 aliphatic carbocycles. The maximum absolute atomic E-state index is 11.7. The fraction of sp³-hybridized carbons (Fsp3) is 0.391. The van der Waals surface area contributed by atoms with Crippen LogP contribution in [-0.2, 0) is 0 Å². The molecule has 0 unspecified atom stereocenters. The molecule has 1 saturated carbocycles. The Morgan fingerprint density at radius 2 is 1.44 bits per heavy atom. The van der Waals surface area contributed by atoms with E-state index in [1.807, 2.05) is 57.2 Å². The normalized spacial score (nSPS) is 13.1.